The molecule has 0 aromatic heterocycles. The summed E-state index contributed by atoms with van der Waals surface area (Å²) in [5.74, 6) is 0.00258. The van der Waals surface area contributed by atoms with Crippen molar-refractivity contribution in [2.75, 3.05) is 30.8 Å². The van der Waals surface area contributed by atoms with Crippen LogP contribution < -0.4 is 23.4 Å². The third-order valence-electron chi connectivity index (χ3n) is 4.46. The summed E-state index contributed by atoms with van der Waals surface area (Å²) in [6.45, 7) is 9.84. The Bertz CT molecular complexity index is 1040. The zero-order chi connectivity index (χ0) is 26.0. The van der Waals surface area contributed by atoms with E-state index in [1.54, 1.807) is 51.1 Å². The Labute approximate surface area is 215 Å². The van der Waals surface area contributed by atoms with E-state index in [1.807, 2.05) is 6.92 Å². The lowest BCUT2D eigenvalue weighted by atomic mass is 10.2. The van der Waals surface area contributed by atoms with Crippen LogP contribution in [-0.2, 0) is 9.59 Å². The van der Waals surface area contributed by atoms with E-state index in [0.29, 0.717) is 49.4 Å². The molecule has 0 aliphatic heterocycles. The number of halogens is 2. The van der Waals surface area contributed by atoms with E-state index in [0.717, 1.165) is 4.42 Å². The van der Waals surface area contributed by atoms with Crippen LogP contribution in [0.4, 0.5) is 11.4 Å². The quantitative estimate of drug-likeness (QED) is 0.176. The average molecular weight is 526 g/mol. The molecule has 2 aromatic rings. The van der Waals surface area contributed by atoms with Gasteiger partial charge in [0, 0.05) is 23.9 Å². The van der Waals surface area contributed by atoms with Gasteiger partial charge in [-0.25, -0.2) is 4.42 Å². The number of benzene rings is 2. The molecule has 0 saturated heterocycles. The molecule has 0 spiro atoms. The molecule has 35 heavy (non-hydrogen) atoms. The number of ether oxygens (including phenoxy) is 4. The summed E-state index contributed by atoms with van der Waals surface area (Å²) < 4.78 is 23.1. The second-order valence-electron chi connectivity index (χ2n) is 6.93. The van der Waals surface area contributed by atoms with Gasteiger partial charge in [-0.15, -0.1) is 5.11 Å². The minimum absolute atomic E-state index is 0.155. The molecule has 0 fully saturated rings. The molecule has 1 unspecified atom stereocenters. The standard InChI is InChI=1S/C24H29Cl2N3O6/c1-6-32-16-13-17(25)22(20(14-16)35-9-4)28-27-21(15(5)30)24(31)29(26)23-18(33-7-2)11-10-12-19(23)34-8-3/h10-14,21H,6-9H2,1-5H3. The summed E-state index contributed by atoms with van der Waals surface area (Å²) in [5, 5.41) is 8.25. The molecule has 0 radical (unpaired) electrons. The van der Waals surface area contributed by atoms with Crippen molar-refractivity contribution in [1.82, 2.24) is 0 Å². The third-order valence-corrected chi connectivity index (χ3v) is 5.08. The highest BCUT2D eigenvalue weighted by Crippen LogP contribution is 2.41. The Morgan fingerprint density at radius 3 is 1.97 bits per heavy atom. The van der Waals surface area contributed by atoms with E-state index < -0.39 is 17.7 Å². The second-order valence-corrected chi connectivity index (χ2v) is 7.68. The molecule has 0 N–H and O–H groups in total. The molecular weight excluding hydrogens is 497 g/mol. The van der Waals surface area contributed by atoms with Crippen molar-refractivity contribution in [3.8, 4) is 23.0 Å². The minimum Gasteiger partial charge on any atom is -0.494 e. The zero-order valence-corrected chi connectivity index (χ0v) is 21.9. The lowest BCUT2D eigenvalue weighted by Crippen LogP contribution is -2.36. The number of anilines is 1. The maximum atomic E-state index is 13.3. The molecule has 11 heteroatoms. The number of Topliss-reactive ketones (excluding diaryl/α,β-unsaturated/α-hetero) is 1. The van der Waals surface area contributed by atoms with Crippen molar-refractivity contribution in [3.05, 3.63) is 35.4 Å². The van der Waals surface area contributed by atoms with Gasteiger partial charge in [-0.1, -0.05) is 17.7 Å². The topological polar surface area (TPSA) is 99.0 Å². The summed E-state index contributed by atoms with van der Waals surface area (Å²) in [6.07, 6.45) is 0. The van der Waals surface area contributed by atoms with Crippen LogP contribution in [0.5, 0.6) is 23.0 Å². The van der Waals surface area contributed by atoms with Gasteiger partial charge in [0.05, 0.1) is 31.5 Å². The summed E-state index contributed by atoms with van der Waals surface area (Å²) in [7, 11) is 0. The summed E-state index contributed by atoms with van der Waals surface area (Å²) in [5.41, 5.74) is 0.320. The Morgan fingerprint density at radius 2 is 1.46 bits per heavy atom. The van der Waals surface area contributed by atoms with Gasteiger partial charge in [0.1, 0.15) is 28.6 Å². The SMILES string of the molecule is CCOc1cc(Cl)c(N=NC(C(C)=O)C(=O)N(Cl)c2c(OCC)cccc2OCC)c(OCC)c1. The van der Waals surface area contributed by atoms with Crippen molar-refractivity contribution in [3.63, 3.8) is 0 Å². The highest BCUT2D eigenvalue weighted by molar-refractivity contribution is 6.40. The van der Waals surface area contributed by atoms with Crippen LogP contribution in [0.25, 0.3) is 0 Å². The molecule has 2 aromatic carbocycles. The van der Waals surface area contributed by atoms with Gasteiger partial charge < -0.3 is 18.9 Å². The number of hydrogen-bond acceptors (Lipinski definition) is 8. The molecular formula is C24H29Cl2N3O6. The number of nitrogens with zero attached hydrogens (tertiary/aromatic N) is 3. The van der Waals surface area contributed by atoms with Crippen LogP contribution in [0, 0.1) is 0 Å². The van der Waals surface area contributed by atoms with Crippen LogP contribution in [0.1, 0.15) is 34.6 Å². The molecule has 0 heterocycles. The Balaban J connectivity index is 2.46. The smallest absolute Gasteiger partial charge is 0.276 e. The molecule has 190 valence electrons. The summed E-state index contributed by atoms with van der Waals surface area (Å²) in [4.78, 5) is 25.7. The molecule has 0 bridgehead atoms. The highest BCUT2D eigenvalue weighted by atomic mass is 35.5. The van der Waals surface area contributed by atoms with E-state index in [4.69, 9.17) is 42.3 Å². The number of amides is 1. The first-order valence-corrected chi connectivity index (χ1v) is 11.9. The Morgan fingerprint density at radius 1 is 0.914 bits per heavy atom. The van der Waals surface area contributed by atoms with Gasteiger partial charge in [-0.05, 0) is 46.8 Å². The molecule has 2 rings (SSSR count). The monoisotopic (exact) mass is 525 g/mol. The number of azo groups is 1. The largest absolute Gasteiger partial charge is 0.494 e. The fourth-order valence-electron chi connectivity index (χ4n) is 3.04. The van der Waals surface area contributed by atoms with Crippen molar-refractivity contribution in [2.45, 2.75) is 40.7 Å². The van der Waals surface area contributed by atoms with Gasteiger partial charge in [0.15, 0.2) is 11.5 Å². The molecule has 0 aliphatic carbocycles. The van der Waals surface area contributed by atoms with Crippen LogP contribution in [0.2, 0.25) is 5.02 Å². The summed E-state index contributed by atoms with van der Waals surface area (Å²) >= 11 is 12.8. The normalized spacial score (nSPS) is 11.7. The third kappa shape index (κ3) is 7.22. The van der Waals surface area contributed by atoms with E-state index in [1.165, 1.54) is 6.92 Å². The Kier molecular flexibility index (Phi) is 11.1. The maximum absolute atomic E-state index is 13.3. The molecule has 9 nitrogen and oxygen atoms in total. The number of rotatable bonds is 13. The van der Waals surface area contributed by atoms with E-state index in [9.17, 15) is 9.59 Å². The first-order chi connectivity index (χ1) is 16.8. The van der Waals surface area contributed by atoms with E-state index in [2.05, 4.69) is 10.2 Å². The lowest BCUT2D eigenvalue weighted by molar-refractivity contribution is -0.126. The molecule has 1 amide bonds. The number of hydrogen-bond donors (Lipinski definition) is 0. The first kappa shape index (κ1) is 28.2. The second kappa shape index (κ2) is 13.7. The number of ketones is 1. The van der Waals surface area contributed by atoms with Crippen molar-refractivity contribution < 1.29 is 28.5 Å². The summed E-state index contributed by atoms with van der Waals surface area (Å²) in [6, 6.07) is 6.60. The van der Waals surface area contributed by atoms with Crippen molar-refractivity contribution >= 4 is 46.4 Å². The van der Waals surface area contributed by atoms with Crippen LogP contribution in [0.3, 0.4) is 0 Å². The highest BCUT2D eigenvalue weighted by Gasteiger charge is 2.32. The van der Waals surface area contributed by atoms with Gasteiger partial charge in [-0.2, -0.15) is 5.11 Å². The van der Waals surface area contributed by atoms with Gasteiger partial charge in [-0.3, -0.25) is 9.59 Å². The van der Waals surface area contributed by atoms with Crippen molar-refractivity contribution in [2.24, 2.45) is 10.2 Å². The Hall–Kier alpha value is -3.04. The molecule has 0 saturated carbocycles. The van der Waals surface area contributed by atoms with Gasteiger partial charge >= 0.3 is 0 Å². The molecule has 0 aliphatic rings. The number of carbonyl (C=O) groups is 2. The van der Waals surface area contributed by atoms with E-state index in [-0.39, 0.29) is 16.4 Å². The zero-order valence-electron chi connectivity index (χ0n) is 20.3. The molecule has 1 atom stereocenters. The number of para-hydroxylation sites is 1. The first-order valence-electron chi connectivity index (χ1n) is 11.2. The van der Waals surface area contributed by atoms with Crippen LogP contribution in [-0.4, -0.2) is 44.2 Å². The fourth-order valence-corrected chi connectivity index (χ4v) is 3.54. The fraction of sp³-hybridized carbons (Fsp3) is 0.417. The predicted octanol–water partition coefficient (Wildman–Crippen LogP) is 6.16. The minimum atomic E-state index is -1.55. The van der Waals surface area contributed by atoms with Crippen molar-refractivity contribution in [1.29, 1.82) is 0 Å². The van der Waals surface area contributed by atoms with Gasteiger partial charge in [0.25, 0.3) is 5.91 Å². The van der Waals surface area contributed by atoms with E-state index >= 15 is 0 Å². The average Bonchev–Trinajstić information content (AvgIpc) is 2.81. The maximum Gasteiger partial charge on any atom is 0.276 e. The lowest BCUT2D eigenvalue weighted by Gasteiger charge is -2.22. The predicted molar refractivity (Wildman–Crippen MR) is 135 cm³/mol. The van der Waals surface area contributed by atoms with Crippen LogP contribution >= 0.6 is 23.4 Å². The van der Waals surface area contributed by atoms with Gasteiger partial charge in [0.2, 0.25) is 6.04 Å². The van der Waals surface area contributed by atoms with Crippen LogP contribution in [0.15, 0.2) is 40.6 Å². The number of carbonyl (C=O) groups excluding carboxylic acids is 2.